The Morgan fingerprint density at radius 1 is 1.46 bits per heavy atom. The molecule has 0 aliphatic heterocycles. The van der Waals surface area contributed by atoms with Crippen molar-refractivity contribution in [2.45, 2.75) is 11.5 Å². The molecule has 0 amide bonds. The fourth-order valence-electron chi connectivity index (χ4n) is 0.694. The smallest absolute Gasteiger partial charge is 0.244 e. The fraction of sp³-hybridized carbons (Fsp3) is 0.167. The zero-order valence-corrected chi connectivity index (χ0v) is 7.69. The lowest BCUT2D eigenvalue weighted by Crippen LogP contribution is -1.96. The van der Waals surface area contributed by atoms with E-state index in [2.05, 4.69) is 4.98 Å². The summed E-state index contributed by atoms with van der Waals surface area (Å²) in [5.74, 6) is 0. The SMILES string of the molecule is O=S(=O)(Cl)c1cc(C(F)F)ccn1. The molecule has 7 heteroatoms. The molecule has 0 saturated carbocycles. The zero-order chi connectivity index (χ0) is 10.1. The van der Waals surface area contributed by atoms with Crippen molar-refractivity contribution in [3.8, 4) is 0 Å². The summed E-state index contributed by atoms with van der Waals surface area (Å²) in [5.41, 5.74) is -0.422. The van der Waals surface area contributed by atoms with Gasteiger partial charge in [-0.15, -0.1) is 0 Å². The van der Waals surface area contributed by atoms with E-state index < -0.39 is 26.1 Å². The van der Waals surface area contributed by atoms with Gasteiger partial charge in [-0.25, -0.2) is 22.2 Å². The second-order valence-corrected chi connectivity index (χ2v) is 4.68. The maximum atomic E-state index is 12.1. The molecule has 1 aromatic rings. The maximum absolute atomic E-state index is 12.1. The summed E-state index contributed by atoms with van der Waals surface area (Å²) in [5, 5.41) is -0.563. The van der Waals surface area contributed by atoms with Gasteiger partial charge in [-0.1, -0.05) is 0 Å². The van der Waals surface area contributed by atoms with Crippen LogP contribution in [0.15, 0.2) is 23.4 Å². The minimum atomic E-state index is -4.03. The molecule has 0 aliphatic carbocycles. The minimum Gasteiger partial charge on any atom is -0.244 e. The summed E-state index contributed by atoms with van der Waals surface area (Å²) in [4.78, 5) is 3.34. The molecule has 0 unspecified atom stereocenters. The van der Waals surface area contributed by atoms with Crippen LogP contribution in [0.5, 0.6) is 0 Å². The monoisotopic (exact) mass is 227 g/mol. The lowest BCUT2D eigenvalue weighted by Gasteiger charge is -1.99. The molecular formula is C6H4ClF2NO2S. The Labute approximate surface area is 77.8 Å². The van der Waals surface area contributed by atoms with Crippen molar-refractivity contribution in [2.24, 2.45) is 0 Å². The number of hydrogen-bond acceptors (Lipinski definition) is 3. The van der Waals surface area contributed by atoms with Gasteiger partial charge in [0, 0.05) is 22.4 Å². The highest BCUT2D eigenvalue weighted by Crippen LogP contribution is 2.21. The van der Waals surface area contributed by atoms with Gasteiger partial charge in [-0.3, -0.25) is 0 Å². The van der Waals surface area contributed by atoms with Crippen LogP contribution in [0, 0.1) is 0 Å². The predicted octanol–water partition coefficient (Wildman–Crippen LogP) is 1.95. The van der Waals surface area contributed by atoms with Gasteiger partial charge < -0.3 is 0 Å². The average molecular weight is 228 g/mol. The van der Waals surface area contributed by atoms with Crippen molar-refractivity contribution in [3.63, 3.8) is 0 Å². The van der Waals surface area contributed by atoms with E-state index in [1.807, 2.05) is 0 Å². The molecule has 72 valence electrons. The molecule has 13 heavy (non-hydrogen) atoms. The zero-order valence-electron chi connectivity index (χ0n) is 6.12. The Kier molecular flexibility index (Phi) is 2.82. The van der Waals surface area contributed by atoms with Gasteiger partial charge in [0.05, 0.1) is 0 Å². The van der Waals surface area contributed by atoms with Crippen molar-refractivity contribution in [1.29, 1.82) is 0 Å². The summed E-state index contributed by atoms with van der Waals surface area (Å²) < 4.78 is 45.5. The fourth-order valence-corrected chi connectivity index (χ4v) is 1.41. The first-order chi connectivity index (χ1) is 5.91. The first kappa shape index (κ1) is 10.3. The van der Waals surface area contributed by atoms with Crippen LogP contribution in [0.4, 0.5) is 8.78 Å². The van der Waals surface area contributed by atoms with Gasteiger partial charge in [0.2, 0.25) is 0 Å². The molecule has 0 aromatic carbocycles. The molecule has 0 N–H and O–H groups in total. The van der Waals surface area contributed by atoms with Crippen LogP contribution in [-0.2, 0) is 9.05 Å². The molecule has 0 spiro atoms. The Balaban J connectivity index is 3.21. The van der Waals surface area contributed by atoms with Crippen molar-refractivity contribution in [1.82, 2.24) is 4.98 Å². The van der Waals surface area contributed by atoms with Crippen LogP contribution in [-0.4, -0.2) is 13.4 Å². The number of pyridine rings is 1. The number of rotatable bonds is 2. The van der Waals surface area contributed by atoms with Gasteiger partial charge in [0.1, 0.15) is 0 Å². The van der Waals surface area contributed by atoms with Crippen LogP contribution in [0.1, 0.15) is 12.0 Å². The number of nitrogens with zero attached hydrogens (tertiary/aromatic N) is 1. The predicted molar refractivity (Wildman–Crippen MR) is 42.2 cm³/mol. The van der Waals surface area contributed by atoms with Gasteiger partial charge in [-0.2, -0.15) is 0 Å². The van der Waals surface area contributed by atoms with Crippen LogP contribution in [0.2, 0.25) is 0 Å². The first-order valence-corrected chi connectivity index (χ1v) is 5.41. The first-order valence-electron chi connectivity index (χ1n) is 3.10. The number of alkyl halides is 2. The lowest BCUT2D eigenvalue weighted by atomic mass is 10.3. The normalized spacial score (nSPS) is 12.0. The molecule has 3 nitrogen and oxygen atoms in total. The summed E-state index contributed by atoms with van der Waals surface area (Å²) >= 11 is 0. The number of aromatic nitrogens is 1. The van der Waals surface area contributed by atoms with Crippen LogP contribution in [0.25, 0.3) is 0 Å². The maximum Gasteiger partial charge on any atom is 0.278 e. The van der Waals surface area contributed by atoms with E-state index in [9.17, 15) is 17.2 Å². The Hall–Kier alpha value is -0.750. The van der Waals surface area contributed by atoms with Crippen LogP contribution < -0.4 is 0 Å². The molecular weight excluding hydrogens is 224 g/mol. The highest BCUT2D eigenvalue weighted by Gasteiger charge is 2.15. The molecule has 0 aliphatic rings. The van der Waals surface area contributed by atoms with Crippen molar-refractivity contribution >= 4 is 19.7 Å². The topological polar surface area (TPSA) is 47.0 Å². The van der Waals surface area contributed by atoms with Crippen molar-refractivity contribution in [3.05, 3.63) is 23.9 Å². The molecule has 0 saturated heterocycles. The Bertz CT molecular complexity index is 407. The highest BCUT2D eigenvalue weighted by atomic mass is 35.7. The van der Waals surface area contributed by atoms with E-state index >= 15 is 0 Å². The summed E-state index contributed by atoms with van der Waals surface area (Å²) in [6, 6.07) is 1.77. The van der Waals surface area contributed by atoms with Crippen LogP contribution in [0.3, 0.4) is 0 Å². The summed E-state index contributed by atoms with van der Waals surface area (Å²) in [6.45, 7) is 0. The Morgan fingerprint density at radius 2 is 2.08 bits per heavy atom. The standard InChI is InChI=1S/C6H4ClF2NO2S/c7-13(11,12)5-3-4(6(8)9)1-2-10-5/h1-3,6H. The van der Waals surface area contributed by atoms with E-state index in [0.717, 1.165) is 18.3 Å². The third kappa shape index (κ3) is 2.60. The van der Waals surface area contributed by atoms with Crippen molar-refractivity contribution < 1.29 is 17.2 Å². The molecule has 1 aromatic heterocycles. The molecule has 0 fully saturated rings. The molecule has 0 atom stereocenters. The van der Waals surface area contributed by atoms with E-state index in [4.69, 9.17) is 10.7 Å². The van der Waals surface area contributed by atoms with Crippen LogP contribution >= 0.6 is 10.7 Å². The molecule has 0 radical (unpaired) electrons. The second-order valence-electron chi connectivity index (χ2n) is 2.17. The van der Waals surface area contributed by atoms with E-state index in [1.165, 1.54) is 0 Å². The third-order valence-corrected chi connectivity index (χ3v) is 2.46. The summed E-state index contributed by atoms with van der Waals surface area (Å²) in [6.07, 6.45) is -1.77. The van der Waals surface area contributed by atoms with E-state index in [0.29, 0.717) is 0 Å². The molecule has 1 heterocycles. The highest BCUT2D eigenvalue weighted by molar-refractivity contribution is 8.13. The largest absolute Gasteiger partial charge is 0.278 e. The van der Waals surface area contributed by atoms with Gasteiger partial charge >= 0.3 is 0 Å². The van der Waals surface area contributed by atoms with Gasteiger partial charge in [0.25, 0.3) is 15.5 Å². The van der Waals surface area contributed by atoms with E-state index in [1.54, 1.807) is 0 Å². The average Bonchev–Trinajstić information content (AvgIpc) is 2.03. The molecule has 1 rings (SSSR count). The van der Waals surface area contributed by atoms with Gasteiger partial charge in [-0.05, 0) is 12.1 Å². The van der Waals surface area contributed by atoms with E-state index in [-0.39, 0.29) is 0 Å². The van der Waals surface area contributed by atoms with Crippen molar-refractivity contribution in [2.75, 3.05) is 0 Å². The third-order valence-electron chi connectivity index (χ3n) is 1.26. The molecule has 0 bridgehead atoms. The second kappa shape index (κ2) is 3.55. The number of hydrogen-bond donors (Lipinski definition) is 0. The lowest BCUT2D eigenvalue weighted by molar-refractivity contribution is 0.151. The minimum absolute atomic E-state index is 0.422. The number of halogens is 3. The Morgan fingerprint density at radius 3 is 2.54 bits per heavy atom. The van der Waals surface area contributed by atoms with Gasteiger partial charge in [0.15, 0.2) is 5.03 Å². The quantitative estimate of drug-likeness (QED) is 0.726. The summed E-state index contributed by atoms with van der Waals surface area (Å²) in [7, 11) is 0.869.